The number of phenolic OH excluding ortho intramolecular Hbond substituents is 1. The number of hydrogen-bond acceptors (Lipinski definition) is 5. The normalized spacial score (nSPS) is 16.5. The lowest BCUT2D eigenvalue weighted by molar-refractivity contribution is 0.310. The van der Waals surface area contributed by atoms with Crippen LogP contribution in [-0.4, -0.2) is 18.8 Å². The predicted molar refractivity (Wildman–Crippen MR) is 94.0 cm³/mol. The first kappa shape index (κ1) is 16.2. The summed E-state index contributed by atoms with van der Waals surface area (Å²) in [5, 5.41) is 10.1. The van der Waals surface area contributed by atoms with E-state index in [0.717, 1.165) is 28.1 Å². The monoisotopic (exact) mass is 326 g/mol. The average Bonchev–Trinajstić information content (AvgIpc) is 3.07. The van der Waals surface area contributed by atoms with Crippen LogP contribution in [0.15, 0.2) is 42.5 Å². The van der Waals surface area contributed by atoms with Crippen molar-refractivity contribution in [1.82, 2.24) is 10.9 Å². The minimum absolute atomic E-state index is 0.0231. The SMILES string of the molecule is CCOc1cc([C@H]2C=C(c3cc(C)ccc3O)NN2)ccc1OC. The number of phenols is 1. The Balaban J connectivity index is 1.90. The van der Waals surface area contributed by atoms with Gasteiger partial charge in [-0.05, 0) is 49.8 Å². The number of benzene rings is 2. The van der Waals surface area contributed by atoms with Gasteiger partial charge in [-0.1, -0.05) is 17.7 Å². The molecule has 2 aromatic carbocycles. The Hall–Kier alpha value is -2.66. The Morgan fingerprint density at radius 3 is 2.71 bits per heavy atom. The maximum atomic E-state index is 10.1. The number of ether oxygens (including phenoxy) is 2. The zero-order valence-corrected chi connectivity index (χ0v) is 14.1. The molecule has 5 heteroatoms. The molecule has 126 valence electrons. The Morgan fingerprint density at radius 2 is 1.96 bits per heavy atom. The average molecular weight is 326 g/mol. The van der Waals surface area contributed by atoms with Crippen molar-refractivity contribution < 1.29 is 14.6 Å². The third kappa shape index (κ3) is 3.16. The summed E-state index contributed by atoms with van der Waals surface area (Å²) in [7, 11) is 1.63. The minimum atomic E-state index is -0.0231. The van der Waals surface area contributed by atoms with Crippen molar-refractivity contribution in [2.75, 3.05) is 13.7 Å². The molecule has 0 amide bonds. The number of aryl methyl sites for hydroxylation is 1. The number of hydrazine groups is 1. The first-order chi connectivity index (χ1) is 11.6. The van der Waals surface area contributed by atoms with E-state index in [1.165, 1.54) is 0 Å². The van der Waals surface area contributed by atoms with Crippen LogP contribution < -0.4 is 20.3 Å². The van der Waals surface area contributed by atoms with E-state index in [2.05, 4.69) is 10.9 Å². The molecule has 0 saturated carbocycles. The number of hydrogen-bond donors (Lipinski definition) is 3. The highest BCUT2D eigenvalue weighted by Gasteiger charge is 2.20. The van der Waals surface area contributed by atoms with Crippen molar-refractivity contribution in [3.63, 3.8) is 0 Å². The molecule has 0 radical (unpaired) electrons. The quantitative estimate of drug-likeness (QED) is 0.787. The van der Waals surface area contributed by atoms with E-state index in [0.29, 0.717) is 12.4 Å². The first-order valence-corrected chi connectivity index (χ1v) is 7.96. The van der Waals surface area contributed by atoms with E-state index >= 15 is 0 Å². The van der Waals surface area contributed by atoms with Crippen molar-refractivity contribution >= 4 is 5.70 Å². The second kappa shape index (κ2) is 6.84. The van der Waals surface area contributed by atoms with Crippen LogP contribution in [0.1, 0.15) is 29.7 Å². The van der Waals surface area contributed by atoms with Gasteiger partial charge in [-0.15, -0.1) is 0 Å². The maximum absolute atomic E-state index is 10.1. The van der Waals surface area contributed by atoms with Gasteiger partial charge in [-0.2, -0.15) is 0 Å². The fourth-order valence-corrected chi connectivity index (χ4v) is 2.76. The van der Waals surface area contributed by atoms with E-state index in [1.54, 1.807) is 13.2 Å². The fourth-order valence-electron chi connectivity index (χ4n) is 2.76. The number of nitrogens with one attached hydrogen (secondary N) is 2. The van der Waals surface area contributed by atoms with E-state index in [1.807, 2.05) is 50.3 Å². The highest BCUT2D eigenvalue weighted by molar-refractivity contribution is 5.71. The van der Waals surface area contributed by atoms with Crippen LogP contribution in [0.5, 0.6) is 17.2 Å². The molecule has 1 aliphatic rings. The topological polar surface area (TPSA) is 62.8 Å². The first-order valence-electron chi connectivity index (χ1n) is 7.96. The summed E-state index contributed by atoms with van der Waals surface area (Å²) in [6.45, 7) is 4.52. The van der Waals surface area contributed by atoms with Crippen LogP contribution in [0.25, 0.3) is 5.70 Å². The van der Waals surface area contributed by atoms with Gasteiger partial charge >= 0.3 is 0 Å². The molecule has 0 aromatic heterocycles. The highest BCUT2D eigenvalue weighted by atomic mass is 16.5. The molecular formula is C19H22N2O3. The number of aromatic hydroxyl groups is 1. The van der Waals surface area contributed by atoms with Crippen molar-refractivity contribution in [3.8, 4) is 17.2 Å². The van der Waals surface area contributed by atoms with Crippen molar-refractivity contribution in [1.29, 1.82) is 0 Å². The van der Waals surface area contributed by atoms with Gasteiger partial charge in [0.2, 0.25) is 0 Å². The van der Waals surface area contributed by atoms with Crippen LogP contribution >= 0.6 is 0 Å². The molecule has 3 rings (SSSR count). The molecule has 2 aromatic rings. The minimum Gasteiger partial charge on any atom is -0.507 e. The molecule has 0 bridgehead atoms. The highest BCUT2D eigenvalue weighted by Crippen LogP contribution is 2.34. The smallest absolute Gasteiger partial charge is 0.161 e. The van der Waals surface area contributed by atoms with E-state index in [9.17, 15) is 5.11 Å². The molecule has 0 spiro atoms. The molecule has 5 nitrogen and oxygen atoms in total. The second-order valence-corrected chi connectivity index (χ2v) is 5.69. The molecule has 0 unspecified atom stereocenters. The molecule has 24 heavy (non-hydrogen) atoms. The Morgan fingerprint density at radius 1 is 1.12 bits per heavy atom. The van der Waals surface area contributed by atoms with Gasteiger partial charge in [-0.25, -0.2) is 5.43 Å². The summed E-state index contributed by atoms with van der Waals surface area (Å²) >= 11 is 0. The van der Waals surface area contributed by atoms with Crippen LogP contribution in [0, 0.1) is 6.92 Å². The molecule has 0 fully saturated rings. The molecule has 0 aliphatic carbocycles. The van der Waals surface area contributed by atoms with Gasteiger partial charge in [0.1, 0.15) is 5.75 Å². The summed E-state index contributed by atoms with van der Waals surface area (Å²) in [6.07, 6.45) is 2.05. The van der Waals surface area contributed by atoms with Gasteiger partial charge in [0.15, 0.2) is 11.5 Å². The van der Waals surface area contributed by atoms with E-state index < -0.39 is 0 Å². The Bertz CT molecular complexity index is 771. The molecule has 1 heterocycles. The van der Waals surface area contributed by atoms with Crippen LogP contribution in [0.4, 0.5) is 0 Å². The van der Waals surface area contributed by atoms with E-state index in [4.69, 9.17) is 9.47 Å². The second-order valence-electron chi connectivity index (χ2n) is 5.69. The standard InChI is InChI=1S/C19H22N2O3/c1-4-24-19-10-13(6-8-18(19)23-3)15-11-16(21-20-15)14-9-12(2)5-7-17(14)22/h5-11,15,20-22H,4H2,1-3H3/t15-/m1/s1. The van der Waals surface area contributed by atoms with Crippen molar-refractivity contribution in [2.45, 2.75) is 19.9 Å². The lowest BCUT2D eigenvalue weighted by Crippen LogP contribution is -2.26. The molecule has 1 atom stereocenters. The van der Waals surface area contributed by atoms with Gasteiger partial charge in [-0.3, -0.25) is 0 Å². The number of methoxy groups -OCH3 is 1. The maximum Gasteiger partial charge on any atom is 0.161 e. The summed E-state index contributed by atoms with van der Waals surface area (Å²) in [5.41, 5.74) is 10.2. The summed E-state index contributed by atoms with van der Waals surface area (Å²) < 4.78 is 11.0. The van der Waals surface area contributed by atoms with Gasteiger partial charge in [0.05, 0.1) is 25.5 Å². The Labute approximate surface area is 141 Å². The lowest BCUT2D eigenvalue weighted by atomic mass is 10.0. The summed E-state index contributed by atoms with van der Waals surface area (Å²) in [5.74, 6) is 1.69. The van der Waals surface area contributed by atoms with Gasteiger partial charge in [0.25, 0.3) is 0 Å². The molecule has 1 aliphatic heterocycles. The van der Waals surface area contributed by atoms with Gasteiger partial charge < -0.3 is 20.0 Å². The van der Waals surface area contributed by atoms with Crippen LogP contribution in [0.2, 0.25) is 0 Å². The van der Waals surface area contributed by atoms with Gasteiger partial charge in [0, 0.05) is 5.56 Å². The van der Waals surface area contributed by atoms with Crippen LogP contribution in [0.3, 0.4) is 0 Å². The Kier molecular flexibility index (Phi) is 4.62. The fraction of sp³-hybridized carbons (Fsp3) is 0.263. The third-order valence-electron chi connectivity index (χ3n) is 3.98. The zero-order chi connectivity index (χ0) is 17.1. The lowest BCUT2D eigenvalue weighted by Gasteiger charge is -2.14. The van der Waals surface area contributed by atoms with Crippen LogP contribution in [-0.2, 0) is 0 Å². The summed E-state index contributed by atoms with van der Waals surface area (Å²) in [4.78, 5) is 0. The zero-order valence-electron chi connectivity index (χ0n) is 14.1. The molecule has 0 saturated heterocycles. The van der Waals surface area contributed by atoms with Crippen molar-refractivity contribution in [2.24, 2.45) is 0 Å². The van der Waals surface area contributed by atoms with E-state index in [-0.39, 0.29) is 11.8 Å². The third-order valence-corrected chi connectivity index (χ3v) is 3.98. The molecular weight excluding hydrogens is 304 g/mol. The predicted octanol–water partition coefficient (Wildman–Crippen LogP) is 3.30. The number of rotatable bonds is 5. The summed E-state index contributed by atoms with van der Waals surface area (Å²) in [6, 6.07) is 11.4. The molecule has 3 N–H and O–H groups in total. The largest absolute Gasteiger partial charge is 0.507 e. The van der Waals surface area contributed by atoms with Crippen molar-refractivity contribution in [3.05, 3.63) is 59.2 Å².